The predicted octanol–water partition coefficient (Wildman–Crippen LogP) is 2.87. The van der Waals surface area contributed by atoms with Crippen LogP contribution in [0.15, 0.2) is 12.1 Å². The molecule has 0 aliphatic carbocycles. The molecular weight excluding hydrogens is 252 g/mol. The predicted molar refractivity (Wildman–Crippen MR) is 60.2 cm³/mol. The first-order chi connectivity index (χ1) is 7.59. The van der Waals surface area contributed by atoms with E-state index >= 15 is 0 Å². The second-order valence-electron chi connectivity index (χ2n) is 3.72. The van der Waals surface area contributed by atoms with Gasteiger partial charge < -0.3 is 10.1 Å². The minimum Gasteiger partial charge on any atom is -0.449 e. The van der Waals surface area contributed by atoms with E-state index in [1.807, 2.05) is 0 Å². The number of hydrogen-bond acceptors (Lipinski definition) is 2. The molecule has 1 saturated heterocycles. The highest BCUT2D eigenvalue weighted by molar-refractivity contribution is 5.85. The molecule has 0 radical (unpaired) electrons. The molecule has 94 valence electrons. The van der Waals surface area contributed by atoms with Gasteiger partial charge >= 0.3 is 6.09 Å². The van der Waals surface area contributed by atoms with Crippen LogP contribution in [0.2, 0.25) is 0 Å². The molecule has 1 aromatic rings. The van der Waals surface area contributed by atoms with E-state index < -0.39 is 23.8 Å². The lowest BCUT2D eigenvalue weighted by Crippen LogP contribution is -2.35. The molecule has 1 atom stereocenters. The number of aryl methyl sites for hydroxylation is 1. The van der Waals surface area contributed by atoms with E-state index in [2.05, 4.69) is 10.1 Å². The lowest BCUT2D eigenvalue weighted by atomic mass is 10.0. The van der Waals surface area contributed by atoms with Gasteiger partial charge in [0.05, 0.1) is 12.6 Å². The van der Waals surface area contributed by atoms with Crippen molar-refractivity contribution in [2.24, 2.45) is 0 Å². The SMILES string of the molecule is Cc1ccc([C@H]2CCOC(=O)N2)c(F)c1F.Cl. The van der Waals surface area contributed by atoms with Crippen LogP contribution >= 0.6 is 12.4 Å². The third kappa shape index (κ3) is 2.66. The Morgan fingerprint density at radius 3 is 2.71 bits per heavy atom. The molecule has 6 heteroatoms. The lowest BCUT2D eigenvalue weighted by molar-refractivity contribution is 0.115. The van der Waals surface area contributed by atoms with Crippen molar-refractivity contribution in [3.05, 3.63) is 34.9 Å². The zero-order valence-electron chi connectivity index (χ0n) is 9.13. The maximum Gasteiger partial charge on any atom is 0.407 e. The van der Waals surface area contributed by atoms with Crippen LogP contribution in [-0.2, 0) is 4.74 Å². The quantitative estimate of drug-likeness (QED) is 0.846. The van der Waals surface area contributed by atoms with Crippen molar-refractivity contribution in [1.29, 1.82) is 0 Å². The number of alkyl carbamates (subject to hydrolysis) is 1. The van der Waals surface area contributed by atoms with Gasteiger partial charge in [-0.15, -0.1) is 12.4 Å². The standard InChI is InChI=1S/C11H11F2NO2.ClH/c1-6-2-3-7(10(13)9(6)12)8-4-5-16-11(15)14-8;/h2-3,8H,4-5H2,1H3,(H,14,15);1H/t8-;/m1./s1. The number of benzene rings is 1. The van der Waals surface area contributed by atoms with Gasteiger partial charge in [-0.25, -0.2) is 13.6 Å². The number of hydrogen-bond donors (Lipinski definition) is 1. The first kappa shape index (κ1) is 13.7. The van der Waals surface area contributed by atoms with Crippen LogP contribution in [0, 0.1) is 18.6 Å². The maximum atomic E-state index is 13.6. The minimum absolute atomic E-state index is 0. The van der Waals surface area contributed by atoms with Gasteiger partial charge in [0.1, 0.15) is 0 Å². The zero-order valence-corrected chi connectivity index (χ0v) is 9.94. The van der Waals surface area contributed by atoms with E-state index in [1.165, 1.54) is 19.1 Å². The highest BCUT2D eigenvalue weighted by atomic mass is 35.5. The third-order valence-electron chi connectivity index (χ3n) is 2.61. The number of carbonyl (C=O) groups is 1. The van der Waals surface area contributed by atoms with Crippen molar-refractivity contribution in [3.63, 3.8) is 0 Å². The normalized spacial score (nSPS) is 19.0. The van der Waals surface area contributed by atoms with Crippen molar-refractivity contribution in [1.82, 2.24) is 5.32 Å². The topological polar surface area (TPSA) is 38.3 Å². The summed E-state index contributed by atoms with van der Waals surface area (Å²) >= 11 is 0. The number of halogens is 3. The molecule has 1 aromatic carbocycles. The summed E-state index contributed by atoms with van der Waals surface area (Å²) in [7, 11) is 0. The fourth-order valence-corrected chi connectivity index (χ4v) is 1.69. The van der Waals surface area contributed by atoms with E-state index in [0.29, 0.717) is 6.42 Å². The van der Waals surface area contributed by atoms with E-state index in [9.17, 15) is 13.6 Å². The van der Waals surface area contributed by atoms with Crippen molar-refractivity contribution in [2.45, 2.75) is 19.4 Å². The van der Waals surface area contributed by atoms with E-state index in [1.54, 1.807) is 0 Å². The molecule has 1 amide bonds. The minimum atomic E-state index is -0.896. The van der Waals surface area contributed by atoms with Crippen LogP contribution in [0.1, 0.15) is 23.6 Å². The van der Waals surface area contributed by atoms with Crippen LogP contribution < -0.4 is 5.32 Å². The fourth-order valence-electron chi connectivity index (χ4n) is 1.69. The summed E-state index contributed by atoms with van der Waals surface area (Å²) in [5.74, 6) is -1.76. The summed E-state index contributed by atoms with van der Waals surface area (Å²) < 4.78 is 31.6. The van der Waals surface area contributed by atoms with E-state index in [-0.39, 0.29) is 30.1 Å². The van der Waals surface area contributed by atoms with Crippen molar-refractivity contribution >= 4 is 18.5 Å². The second-order valence-corrected chi connectivity index (χ2v) is 3.72. The lowest BCUT2D eigenvalue weighted by Gasteiger charge is -2.24. The molecule has 1 aliphatic heterocycles. The Balaban J connectivity index is 0.00000144. The number of rotatable bonds is 1. The molecule has 1 heterocycles. The number of carbonyl (C=O) groups excluding carboxylic acids is 1. The number of nitrogens with one attached hydrogen (secondary N) is 1. The molecular formula is C11H12ClF2NO2. The molecule has 0 bridgehead atoms. The molecule has 0 aromatic heterocycles. The van der Waals surface area contributed by atoms with Gasteiger partial charge in [-0.3, -0.25) is 0 Å². The first-order valence-electron chi connectivity index (χ1n) is 4.97. The average Bonchev–Trinajstić information content (AvgIpc) is 2.26. The number of cyclic esters (lactones) is 1. The molecule has 1 fully saturated rings. The zero-order chi connectivity index (χ0) is 11.7. The van der Waals surface area contributed by atoms with Gasteiger partial charge in [0.15, 0.2) is 11.6 Å². The largest absolute Gasteiger partial charge is 0.449 e. The van der Waals surface area contributed by atoms with Gasteiger partial charge in [-0.1, -0.05) is 12.1 Å². The molecule has 0 unspecified atom stereocenters. The summed E-state index contributed by atoms with van der Waals surface area (Å²) in [6, 6.07) is 2.47. The monoisotopic (exact) mass is 263 g/mol. The molecule has 1 aliphatic rings. The molecule has 1 N–H and O–H groups in total. The fraction of sp³-hybridized carbons (Fsp3) is 0.364. The van der Waals surface area contributed by atoms with Crippen LogP contribution in [0.4, 0.5) is 13.6 Å². The Bertz CT molecular complexity index is 440. The smallest absolute Gasteiger partial charge is 0.407 e. The Labute approximate surface area is 104 Å². The van der Waals surface area contributed by atoms with Crippen LogP contribution in [0.3, 0.4) is 0 Å². The maximum absolute atomic E-state index is 13.6. The molecule has 17 heavy (non-hydrogen) atoms. The van der Waals surface area contributed by atoms with E-state index in [0.717, 1.165) is 0 Å². The van der Waals surface area contributed by atoms with E-state index in [4.69, 9.17) is 0 Å². The third-order valence-corrected chi connectivity index (χ3v) is 2.61. The highest BCUT2D eigenvalue weighted by Gasteiger charge is 2.25. The summed E-state index contributed by atoms with van der Waals surface area (Å²) in [5, 5.41) is 2.45. The molecule has 0 spiro atoms. The van der Waals surface area contributed by atoms with Gasteiger partial charge in [0.25, 0.3) is 0 Å². The summed E-state index contributed by atoms with van der Waals surface area (Å²) in [6.07, 6.45) is -0.165. The Hall–Kier alpha value is -1.36. The van der Waals surface area contributed by atoms with Crippen molar-refractivity contribution in [3.8, 4) is 0 Å². The van der Waals surface area contributed by atoms with Crippen molar-refractivity contribution in [2.75, 3.05) is 6.61 Å². The number of amides is 1. The Morgan fingerprint density at radius 1 is 1.35 bits per heavy atom. The second kappa shape index (κ2) is 5.31. The van der Waals surface area contributed by atoms with Crippen molar-refractivity contribution < 1.29 is 18.3 Å². The highest BCUT2D eigenvalue weighted by Crippen LogP contribution is 2.25. The Kier molecular flexibility index (Phi) is 4.28. The number of ether oxygens (including phenoxy) is 1. The Morgan fingerprint density at radius 2 is 2.06 bits per heavy atom. The van der Waals surface area contributed by atoms with Crippen LogP contribution in [0.5, 0.6) is 0 Å². The average molecular weight is 264 g/mol. The van der Waals surface area contributed by atoms with Gasteiger partial charge in [0.2, 0.25) is 0 Å². The van der Waals surface area contributed by atoms with Crippen LogP contribution in [-0.4, -0.2) is 12.7 Å². The van der Waals surface area contributed by atoms with Crippen LogP contribution in [0.25, 0.3) is 0 Å². The van der Waals surface area contributed by atoms with Gasteiger partial charge in [-0.05, 0) is 12.5 Å². The molecule has 0 saturated carbocycles. The van der Waals surface area contributed by atoms with Gasteiger partial charge in [0, 0.05) is 12.0 Å². The summed E-state index contributed by atoms with van der Waals surface area (Å²) in [5.41, 5.74) is 0.416. The van der Waals surface area contributed by atoms with Gasteiger partial charge in [-0.2, -0.15) is 0 Å². The first-order valence-corrected chi connectivity index (χ1v) is 4.97. The molecule has 3 nitrogen and oxygen atoms in total. The molecule has 2 rings (SSSR count). The summed E-state index contributed by atoms with van der Waals surface area (Å²) in [4.78, 5) is 11.0. The summed E-state index contributed by atoms with van der Waals surface area (Å²) in [6.45, 7) is 1.70.